The number of benzene rings is 2. The molecule has 0 aliphatic rings. The third kappa shape index (κ3) is 3.56. The molecule has 0 saturated heterocycles. The molecule has 2 aromatic heterocycles. The van der Waals surface area contributed by atoms with Crippen molar-refractivity contribution in [1.29, 1.82) is 0 Å². The molecule has 0 atom stereocenters. The van der Waals surface area contributed by atoms with Crippen LogP contribution in [0.3, 0.4) is 0 Å². The van der Waals surface area contributed by atoms with Gasteiger partial charge in [-0.3, -0.25) is 10.1 Å². The third-order valence-electron chi connectivity index (χ3n) is 4.10. The molecule has 0 bridgehead atoms. The molecular formula is C20H15ClN2O2S2. The van der Waals surface area contributed by atoms with Crippen molar-refractivity contribution in [3.8, 4) is 17.0 Å². The van der Waals surface area contributed by atoms with Gasteiger partial charge in [0, 0.05) is 21.0 Å². The Labute approximate surface area is 169 Å². The summed E-state index contributed by atoms with van der Waals surface area (Å²) in [5, 5.41) is 6.69. The van der Waals surface area contributed by atoms with E-state index in [0.717, 1.165) is 32.7 Å². The van der Waals surface area contributed by atoms with Crippen LogP contribution in [0.1, 0.15) is 15.2 Å². The average molecular weight is 415 g/mol. The number of ether oxygens (including phenoxy) is 1. The number of hydrogen-bond acceptors (Lipinski definition) is 5. The van der Waals surface area contributed by atoms with E-state index in [1.54, 1.807) is 7.11 Å². The molecule has 4 rings (SSSR count). The molecule has 0 spiro atoms. The lowest BCUT2D eigenvalue weighted by atomic mass is 10.2. The van der Waals surface area contributed by atoms with Gasteiger partial charge in [-0.05, 0) is 42.8 Å². The second kappa shape index (κ2) is 7.31. The Morgan fingerprint density at radius 1 is 1.19 bits per heavy atom. The van der Waals surface area contributed by atoms with E-state index >= 15 is 0 Å². The first kappa shape index (κ1) is 18.0. The smallest absolute Gasteiger partial charge is 0.269 e. The lowest BCUT2D eigenvalue weighted by molar-refractivity contribution is 0.103. The molecule has 0 radical (unpaired) electrons. The molecule has 0 aliphatic heterocycles. The normalized spacial score (nSPS) is 10.9. The lowest BCUT2D eigenvalue weighted by Crippen LogP contribution is -2.10. The Morgan fingerprint density at radius 3 is 2.70 bits per heavy atom. The second-order valence-corrected chi connectivity index (χ2v) is 8.25. The summed E-state index contributed by atoms with van der Waals surface area (Å²) in [5.74, 6) is 0.548. The molecule has 2 heterocycles. The van der Waals surface area contributed by atoms with Crippen molar-refractivity contribution in [1.82, 2.24) is 4.98 Å². The van der Waals surface area contributed by atoms with Crippen LogP contribution >= 0.6 is 34.3 Å². The van der Waals surface area contributed by atoms with Crippen molar-refractivity contribution >= 4 is 55.4 Å². The van der Waals surface area contributed by atoms with Crippen LogP contribution in [0.15, 0.2) is 47.8 Å². The lowest BCUT2D eigenvalue weighted by Gasteiger charge is -2.01. The number of aryl methyl sites for hydroxylation is 1. The number of carbonyl (C=O) groups excluding carboxylic acids is 1. The maximum absolute atomic E-state index is 12.7. The van der Waals surface area contributed by atoms with Gasteiger partial charge in [-0.15, -0.1) is 22.7 Å². The summed E-state index contributed by atoms with van der Waals surface area (Å²) in [6.45, 7) is 2.02. The predicted octanol–water partition coefficient (Wildman–Crippen LogP) is 6.25. The number of rotatable bonds is 4. The molecule has 1 N–H and O–H groups in total. The summed E-state index contributed by atoms with van der Waals surface area (Å²) in [7, 11) is 1.63. The molecule has 0 unspecified atom stereocenters. The van der Waals surface area contributed by atoms with Crippen molar-refractivity contribution in [2.24, 2.45) is 0 Å². The van der Waals surface area contributed by atoms with Crippen molar-refractivity contribution in [2.45, 2.75) is 6.92 Å². The maximum Gasteiger partial charge on any atom is 0.269 e. The molecule has 0 fully saturated rings. The number of thiazole rings is 1. The van der Waals surface area contributed by atoms with Gasteiger partial charge >= 0.3 is 0 Å². The van der Waals surface area contributed by atoms with Crippen LogP contribution in [0.25, 0.3) is 21.3 Å². The molecule has 27 heavy (non-hydrogen) atoms. The Hall–Kier alpha value is -2.41. The van der Waals surface area contributed by atoms with Crippen LogP contribution in [0.2, 0.25) is 5.02 Å². The van der Waals surface area contributed by atoms with Crippen LogP contribution in [0.4, 0.5) is 5.13 Å². The number of fused-ring (bicyclic) bond motifs is 1. The molecule has 4 aromatic rings. The zero-order valence-electron chi connectivity index (χ0n) is 14.6. The summed E-state index contributed by atoms with van der Waals surface area (Å²) in [6, 6.07) is 13.6. The van der Waals surface area contributed by atoms with Crippen LogP contribution < -0.4 is 10.1 Å². The number of thiophene rings is 1. The SMILES string of the molecule is COc1ccc(-c2csc(NC(=O)c3sc4cc(C)ccc4c3Cl)n2)cc1. The number of amides is 1. The van der Waals surface area contributed by atoms with E-state index in [0.29, 0.717) is 15.0 Å². The van der Waals surface area contributed by atoms with Crippen molar-refractivity contribution < 1.29 is 9.53 Å². The fourth-order valence-corrected chi connectivity index (χ4v) is 4.92. The molecule has 0 aliphatic carbocycles. The maximum atomic E-state index is 12.7. The van der Waals surface area contributed by atoms with E-state index < -0.39 is 0 Å². The van der Waals surface area contributed by atoms with E-state index in [9.17, 15) is 4.79 Å². The first-order valence-corrected chi connectivity index (χ1v) is 10.2. The Balaban J connectivity index is 1.56. The largest absolute Gasteiger partial charge is 0.497 e. The standard InChI is InChI=1S/C20H15ClN2O2S2/c1-11-3-8-14-16(9-11)27-18(17(14)21)19(24)23-20-22-15(10-26-20)12-4-6-13(25-2)7-5-12/h3-10H,1-2H3,(H,22,23,24). The summed E-state index contributed by atoms with van der Waals surface area (Å²) in [4.78, 5) is 17.7. The van der Waals surface area contributed by atoms with Gasteiger partial charge in [0.25, 0.3) is 5.91 Å². The molecule has 7 heteroatoms. The number of aromatic nitrogens is 1. The van der Waals surface area contributed by atoms with Gasteiger partial charge in [0.15, 0.2) is 5.13 Å². The van der Waals surface area contributed by atoms with Crippen molar-refractivity contribution in [3.63, 3.8) is 0 Å². The summed E-state index contributed by atoms with van der Waals surface area (Å²) < 4.78 is 6.17. The van der Waals surface area contributed by atoms with Crippen molar-refractivity contribution in [2.75, 3.05) is 12.4 Å². The quantitative estimate of drug-likeness (QED) is 0.429. The van der Waals surface area contributed by atoms with E-state index in [1.165, 1.54) is 22.7 Å². The van der Waals surface area contributed by atoms with Gasteiger partial charge in [0.05, 0.1) is 17.8 Å². The van der Waals surface area contributed by atoms with Crippen LogP contribution in [-0.2, 0) is 0 Å². The highest BCUT2D eigenvalue weighted by Gasteiger charge is 2.18. The monoisotopic (exact) mass is 414 g/mol. The van der Waals surface area contributed by atoms with E-state index in [2.05, 4.69) is 10.3 Å². The minimum Gasteiger partial charge on any atom is -0.497 e. The summed E-state index contributed by atoms with van der Waals surface area (Å²) >= 11 is 9.19. The van der Waals surface area contributed by atoms with Gasteiger partial charge in [-0.1, -0.05) is 23.7 Å². The number of hydrogen-bond donors (Lipinski definition) is 1. The Bertz CT molecular complexity index is 1130. The van der Waals surface area contributed by atoms with Crippen LogP contribution in [0, 0.1) is 6.92 Å². The zero-order chi connectivity index (χ0) is 19.0. The minimum absolute atomic E-state index is 0.241. The van der Waals surface area contributed by atoms with Gasteiger partial charge in [-0.2, -0.15) is 0 Å². The minimum atomic E-state index is -0.241. The van der Waals surface area contributed by atoms with E-state index in [-0.39, 0.29) is 5.91 Å². The molecule has 136 valence electrons. The predicted molar refractivity (Wildman–Crippen MR) is 114 cm³/mol. The average Bonchev–Trinajstić information content (AvgIpc) is 3.26. The number of nitrogens with zero attached hydrogens (tertiary/aromatic N) is 1. The van der Waals surface area contributed by atoms with Gasteiger partial charge in [-0.25, -0.2) is 4.98 Å². The van der Waals surface area contributed by atoms with E-state index in [4.69, 9.17) is 16.3 Å². The Morgan fingerprint density at radius 2 is 1.96 bits per heavy atom. The third-order valence-corrected chi connectivity index (χ3v) is 6.52. The number of halogens is 1. The summed E-state index contributed by atoms with van der Waals surface area (Å²) in [6.07, 6.45) is 0. The topological polar surface area (TPSA) is 51.2 Å². The van der Waals surface area contributed by atoms with Crippen molar-refractivity contribution in [3.05, 3.63) is 63.3 Å². The first-order valence-electron chi connectivity index (χ1n) is 8.15. The highest BCUT2D eigenvalue weighted by molar-refractivity contribution is 7.22. The fraction of sp³-hybridized carbons (Fsp3) is 0.100. The molecular weight excluding hydrogens is 400 g/mol. The fourth-order valence-electron chi connectivity index (χ4n) is 2.70. The second-order valence-electron chi connectivity index (χ2n) is 5.97. The Kier molecular flexibility index (Phi) is 4.86. The molecule has 2 aromatic carbocycles. The van der Waals surface area contributed by atoms with Gasteiger partial charge < -0.3 is 4.74 Å². The van der Waals surface area contributed by atoms with Crippen LogP contribution in [0.5, 0.6) is 5.75 Å². The molecule has 1 amide bonds. The van der Waals surface area contributed by atoms with Gasteiger partial charge in [0.1, 0.15) is 10.6 Å². The number of carbonyl (C=O) groups is 1. The van der Waals surface area contributed by atoms with E-state index in [1.807, 2.05) is 54.8 Å². The number of nitrogens with one attached hydrogen (secondary N) is 1. The highest BCUT2D eigenvalue weighted by Crippen LogP contribution is 2.36. The highest BCUT2D eigenvalue weighted by atomic mass is 35.5. The number of methoxy groups -OCH3 is 1. The molecule has 4 nitrogen and oxygen atoms in total. The first-order chi connectivity index (χ1) is 13.0. The molecule has 0 saturated carbocycles. The van der Waals surface area contributed by atoms with Crippen LogP contribution in [-0.4, -0.2) is 18.0 Å². The zero-order valence-corrected chi connectivity index (χ0v) is 17.0. The van der Waals surface area contributed by atoms with Gasteiger partial charge in [0.2, 0.25) is 0 Å². The number of anilines is 1. The summed E-state index contributed by atoms with van der Waals surface area (Å²) in [5.41, 5.74) is 2.90.